The molecule has 0 amide bonds. The predicted molar refractivity (Wildman–Crippen MR) is 54.6 cm³/mol. The number of ketones is 1. The topological polar surface area (TPSA) is 52.1 Å². The van der Waals surface area contributed by atoms with Crippen LogP contribution in [0.2, 0.25) is 0 Å². The van der Waals surface area contributed by atoms with Crippen molar-refractivity contribution in [3.05, 3.63) is 23.8 Å². The highest BCUT2D eigenvalue weighted by Crippen LogP contribution is 2.33. The summed E-state index contributed by atoms with van der Waals surface area (Å²) in [6.07, 6.45) is 3.55. The molecule has 1 aromatic heterocycles. The number of hydrogen-bond acceptors (Lipinski definition) is 4. The van der Waals surface area contributed by atoms with Gasteiger partial charge in [-0.05, 0) is 25.8 Å². The van der Waals surface area contributed by atoms with E-state index in [1.807, 2.05) is 6.92 Å². The van der Waals surface area contributed by atoms with Crippen LogP contribution in [0.1, 0.15) is 43.0 Å². The van der Waals surface area contributed by atoms with Gasteiger partial charge in [0.25, 0.3) is 0 Å². The molecule has 1 unspecified atom stereocenters. The summed E-state index contributed by atoms with van der Waals surface area (Å²) in [5.41, 5.74) is 0.0441. The minimum absolute atomic E-state index is 0.0414. The fraction of sp³-hybridized carbons (Fsp3) is 0.545. The molecule has 0 aromatic carbocycles. The molecular formula is C11H14N2O2. The molecular weight excluding hydrogens is 192 g/mol. The summed E-state index contributed by atoms with van der Waals surface area (Å²) in [5.74, 6) is 0.577. The summed E-state index contributed by atoms with van der Waals surface area (Å²) < 4.78 is 5.62. The Hall–Kier alpha value is -1.29. The van der Waals surface area contributed by atoms with Gasteiger partial charge in [0.15, 0.2) is 11.6 Å². The number of aromatic nitrogens is 2. The minimum Gasteiger partial charge on any atom is -0.367 e. The van der Waals surface area contributed by atoms with E-state index >= 15 is 0 Å². The Morgan fingerprint density at radius 3 is 3.00 bits per heavy atom. The Morgan fingerprint density at radius 2 is 2.40 bits per heavy atom. The minimum atomic E-state index is -0.411. The van der Waals surface area contributed by atoms with Crippen molar-refractivity contribution < 1.29 is 9.53 Å². The van der Waals surface area contributed by atoms with E-state index in [9.17, 15) is 4.79 Å². The van der Waals surface area contributed by atoms with Gasteiger partial charge in [0.2, 0.25) is 0 Å². The fourth-order valence-electron chi connectivity index (χ4n) is 1.77. The van der Waals surface area contributed by atoms with Gasteiger partial charge in [0, 0.05) is 19.7 Å². The van der Waals surface area contributed by atoms with Gasteiger partial charge >= 0.3 is 0 Å². The standard InChI is InChI=1S/C11H14N2O2/c1-8(14)9-4-6-12-10(13-9)11(2)5-3-7-15-11/h4,6H,3,5,7H2,1-2H3. The fourth-order valence-corrected chi connectivity index (χ4v) is 1.77. The van der Waals surface area contributed by atoms with E-state index in [-0.39, 0.29) is 5.78 Å². The Morgan fingerprint density at radius 1 is 1.60 bits per heavy atom. The molecule has 1 aliphatic rings. The van der Waals surface area contributed by atoms with Crippen molar-refractivity contribution in [2.24, 2.45) is 0 Å². The first-order valence-electron chi connectivity index (χ1n) is 5.10. The molecule has 0 bridgehead atoms. The number of Topliss-reactive ketones (excluding diaryl/α,β-unsaturated/α-hetero) is 1. The zero-order chi connectivity index (χ0) is 10.9. The summed E-state index contributed by atoms with van der Waals surface area (Å²) >= 11 is 0. The number of nitrogens with zero attached hydrogens (tertiary/aromatic N) is 2. The van der Waals surface area contributed by atoms with Crippen LogP contribution in [0.25, 0.3) is 0 Å². The highest BCUT2D eigenvalue weighted by molar-refractivity contribution is 5.91. The van der Waals surface area contributed by atoms with Crippen molar-refractivity contribution in [3.63, 3.8) is 0 Å². The largest absolute Gasteiger partial charge is 0.367 e. The van der Waals surface area contributed by atoms with E-state index in [0.29, 0.717) is 11.5 Å². The molecule has 15 heavy (non-hydrogen) atoms. The summed E-state index contributed by atoms with van der Waals surface area (Å²) in [5, 5.41) is 0. The maximum atomic E-state index is 11.2. The van der Waals surface area contributed by atoms with Crippen molar-refractivity contribution >= 4 is 5.78 Å². The smallest absolute Gasteiger partial charge is 0.178 e. The van der Waals surface area contributed by atoms with Gasteiger partial charge in [-0.25, -0.2) is 9.97 Å². The average Bonchev–Trinajstić information content (AvgIpc) is 2.67. The van der Waals surface area contributed by atoms with Crippen LogP contribution in [0.15, 0.2) is 12.3 Å². The lowest BCUT2D eigenvalue weighted by atomic mass is 10.0. The van der Waals surface area contributed by atoms with Gasteiger partial charge in [0.05, 0.1) is 0 Å². The number of rotatable bonds is 2. The molecule has 0 N–H and O–H groups in total. The molecule has 2 rings (SSSR count). The molecule has 4 nitrogen and oxygen atoms in total. The summed E-state index contributed by atoms with van der Waals surface area (Å²) in [4.78, 5) is 19.6. The third kappa shape index (κ3) is 1.90. The van der Waals surface area contributed by atoms with E-state index in [4.69, 9.17) is 4.74 Å². The maximum Gasteiger partial charge on any atom is 0.178 e. The molecule has 1 saturated heterocycles. The summed E-state index contributed by atoms with van der Waals surface area (Å²) in [6, 6.07) is 1.63. The van der Waals surface area contributed by atoms with E-state index in [2.05, 4.69) is 9.97 Å². The number of carbonyl (C=O) groups is 1. The Balaban J connectivity index is 2.36. The number of hydrogen-bond donors (Lipinski definition) is 0. The molecule has 0 saturated carbocycles. The van der Waals surface area contributed by atoms with Crippen LogP contribution in [0.3, 0.4) is 0 Å². The first-order chi connectivity index (χ1) is 7.12. The molecule has 80 valence electrons. The second-order valence-corrected chi connectivity index (χ2v) is 4.00. The molecule has 1 fully saturated rings. The molecule has 0 radical (unpaired) electrons. The predicted octanol–water partition coefficient (Wildman–Crippen LogP) is 1.70. The molecule has 0 spiro atoms. The lowest BCUT2D eigenvalue weighted by Gasteiger charge is -2.21. The van der Waals surface area contributed by atoms with E-state index in [1.165, 1.54) is 6.92 Å². The van der Waals surface area contributed by atoms with Gasteiger partial charge in [-0.2, -0.15) is 0 Å². The number of ether oxygens (including phenoxy) is 1. The molecule has 1 aromatic rings. The van der Waals surface area contributed by atoms with Crippen molar-refractivity contribution in [2.45, 2.75) is 32.3 Å². The maximum absolute atomic E-state index is 11.2. The normalized spacial score (nSPS) is 25.5. The van der Waals surface area contributed by atoms with Gasteiger partial charge in [-0.1, -0.05) is 0 Å². The molecule has 1 aliphatic heterocycles. The van der Waals surface area contributed by atoms with Gasteiger partial charge < -0.3 is 4.74 Å². The van der Waals surface area contributed by atoms with Gasteiger partial charge in [-0.15, -0.1) is 0 Å². The summed E-state index contributed by atoms with van der Waals surface area (Å²) in [6.45, 7) is 4.22. The van der Waals surface area contributed by atoms with Crippen molar-refractivity contribution in [2.75, 3.05) is 6.61 Å². The highest BCUT2D eigenvalue weighted by Gasteiger charge is 2.34. The second-order valence-electron chi connectivity index (χ2n) is 4.00. The van der Waals surface area contributed by atoms with Gasteiger partial charge in [-0.3, -0.25) is 4.79 Å². The average molecular weight is 206 g/mol. The van der Waals surface area contributed by atoms with E-state index in [0.717, 1.165) is 19.4 Å². The Kier molecular flexibility index (Phi) is 2.52. The van der Waals surface area contributed by atoms with Gasteiger partial charge in [0.1, 0.15) is 11.3 Å². The first kappa shape index (κ1) is 10.2. The van der Waals surface area contributed by atoms with Crippen molar-refractivity contribution in [3.8, 4) is 0 Å². The second kappa shape index (κ2) is 3.70. The SMILES string of the molecule is CC(=O)c1ccnc(C2(C)CCCO2)n1. The van der Waals surface area contributed by atoms with Crippen LogP contribution in [0.5, 0.6) is 0 Å². The molecule has 2 heterocycles. The first-order valence-corrected chi connectivity index (χ1v) is 5.10. The zero-order valence-corrected chi connectivity index (χ0v) is 8.99. The third-order valence-corrected chi connectivity index (χ3v) is 2.71. The lowest BCUT2D eigenvalue weighted by Crippen LogP contribution is -2.24. The summed E-state index contributed by atoms with van der Waals surface area (Å²) in [7, 11) is 0. The van der Waals surface area contributed by atoms with Crippen LogP contribution >= 0.6 is 0 Å². The van der Waals surface area contributed by atoms with Crippen molar-refractivity contribution in [1.29, 1.82) is 0 Å². The molecule has 1 atom stereocenters. The zero-order valence-electron chi connectivity index (χ0n) is 8.99. The number of carbonyl (C=O) groups excluding carboxylic acids is 1. The van der Waals surface area contributed by atoms with E-state index in [1.54, 1.807) is 12.3 Å². The van der Waals surface area contributed by atoms with Crippen LogP contribution in [0.4, 0.5) is 0 Å². The van der Waals surface area contributed by atoms with Crippen LogP contribution < -0.4 is 0 Å². The van der Waals surface area contributed by atoms with Crippen LogP contribution in [-0.2, 0) is 10.3 Å². The van der Waals surface area contributed by atoms with Crippen LogP contribution in [0, 0.1) is 0 Å². The van der Waals surface area contributed by atoms with Crippen molar-refractivity contribution in [1.82, 2.24) is 9.97 Å². The quantitative estimate of drug-likeness (QED) is 0.691. The van der Waals surface area contributed by atoms with Crippen LogP contribution in [-0.4, -0.2) is 22.4 Å². The monoisotopic (exact) mass is 206 g/mol. The molecule has 4 heteroatoms. The Bertz CT molecular complexity index is 384. The lowest BCUT2D eigenvalue weighted by molar-refractivity contribution is 0.00920. The Labute approximate surface area is 88.7 Å². The van der Waals surface area contributed by atoms with E-state index < -0.39 is 5.60 Å². The third-order valence-electron chi connectivity index (χ3n) is 2.71. The highest BCUT2D eigenvalue weighted by atomic mass is 16.5. The molecule has 0 aliphatic carbocycles.